The van der Waals surface area contributed by atoms with Crippen LogP contribution < -0.4 is 0 Å². The maximum Gasteiger partial charge on any atom is 0.312 e. The van der Waals surface area contributed by atoms with Crippen LogP contribution >= 0.6 is 11.3 Å². The Balaban J connectivity index is 2.00. The lowest BCUT2D eigenvalue weighted by molar-refractivity contribution is -0.139. The number of carbonyl (C=O) groups is 1. The van der Waals surface area contributed by atoms with E-state index in [1.54, 1.807) is 0 Å². The normalized spacial score (nSPS) is 20.5. The third-order valence-corrected chi connectivity index (χ3v) is 3.31. The first-order valence-corrected chi connectivity index (χ1v) is 5.76. The fourth-order valence-electron chi connectivity index (χ4n) is 1.56. The number of hydrogen-bond acceptors (Lipinski definition) is 5. The Morgan fingerprint density at radius 2 is 2.67 bits per heavy atom. The van der Waals surface area contributed by atoms with E-state index in [0.29, 0.717) is 5.92 Å². The SMILES string of the molecule is COC(=O)Cc1nc(C2CCOC2)cs1. The number of nitrogens with zero attached hydrogens (tertiary/aromatic N) is 1. The maximum atomic E-state index is 11.0. The molecule has 0 amide bonds. The Labute approximate surface area is 92.2 Å². The van der Waals surface area contributed by atoms with Crippen molar-refractivity contribution in [3.63, 3.8) is 0 Å². The summed E-state index contributed by atoms with van der Waals surface area (Å²) in [4.78, 5) is 15.4. The molecule has 0 spiro atoms. The van der Waals surface area contributed by atoms with Gasteiger partial charge < -0.3 is 9.47 Å². The van der Waals surface area contributed by atoms with Gasteiger partial charge in [-0.1, -0.05) is 0 Å². The summed E-state index contributed by atoms with van der Waals surface area (Å²) >= 11 is 1.51. The molecule has 0 N–H and O–H groups in total. The van der Waals surface area contributed by atoms with Crippen molar-refractivity contribution in [2.75, 3.05) is 20.3 Å². The van der Waals surface area contributed by atoms with Gasteiger partial charge in [0.25, 0.3) is 0 Å². The van der Waals surface area contributed by atoms with Crippen molar-refractivity contribution in [3.05, 3.63) is 16.1 Å². The Kier molecular flexibility index (Phi) is 3.33. The van der Waals surface area contributed by atoms with Gasteiger partial charge in [0.15, 0.2) is 0 Å². The van der Waals surface area contributed by atoms with Crippen molar-refractivity contribution in [1.29, 1.82) is 0 Å². The molecule has 2 heterocycles. The lowest BCUT2D eigenvalue weighted by atomic mass is 10.1. The molecule has 0 radical (unpaired) electrons. The zero-order chi connectivity index (χ0) is 10.7. The molecule has 1 aliphatic heterocycles. The van der Waals surface area contributed by atoms with Crippen molar-refractivity contribution in [3.8, 4) is 0 Å². The Bertz CT molecular complexity index is 344. The average molecular weight is 227 g/mol. The number of hydrogen-bond donors (Lipinski definition) is 0. The molecule has 1 aromatic heterocycles. The molecule has 0 aromatic carbocycles. The van der Waals surface area contributed by atoms with Gasteiger partial charge in [0.1, 0.15) is 5.01 Å². The zero-order valence-corrected chi connectivity index (χ0v) is 9.38. The molecule has 1 fully saturated rings. The standard InChI is InChI=1S/C10H13NO3S/c1-13-10(12)4-9-11-8(6-15-9)7-2-3-14-5-7/h6-7H,2-5H2,1H3. The molecule has 1 aliphatic rings. The third kappa shape index (κ3) is 2.54. The Morgan fingerprint density at radius 3 is 3.33 bits per heavy atom. The summed E-state index contributed by atoms with van der Waals surface area (Å²) in [5.41, 5.74) is 1.05. The quantitative estimate of drug-likeness (QED) is 0.732. The van der Waals surface area contributed by atoms with Gasteiger partial charge in [-0.3, -0.25) is 4.79 Å². The smallest absolute Gasteiger partial charge is 0.312 e. The molecule has 1 saturated heterocycles. The van der Waals surface area contributed by atoms with Crippen LogP contribution in [0.1, 0.15) is 23.0 Å². The number of rotatable bonds is 3. The van der Waals surface area contributed by atoms with Crippen molar-refractivity contribution in [1.82, 2.24) is 4.98 Å². The topological polar surface area (TPSA) is 48.4 Å². The predicted octanol–water partition coefficient (Wildman–Crippen LogP) is 1.36. The lowest BCUT2D eigenvalue weighted by Gasteiger charge is -2.01. The fourth-order valence-corrected chi connectivity index (χ4v) is 2.42. The molecule has 2 rings (SSSR count). The van der Waals surface area contributed by atoms with Crippen LogP contribution in [0.25, 0.3) is 0 Å². The van der Waals surface area contributed by atoms with Crippen LogP contribution in [0, 0.1) is 0 Å². The molecule has 5 heteroatoms. The minimum Gasteiger partial charge on any atom is -0.469 e. The molecule has 1 atom stereocenters. The van der Waals surface area contributed by atoms with E-state index in [1.807, 2.05) is 5.38 Å². The number of carbonyl (C=O) groups excluding carboxylic acids is 1. The summed E-state index contributed by atoms with van der Waals surface area (Å²) in [6.45, 7) is 1.57. The average Bonchev–Trinajstić information content (AvgIpc) is 2.85. The van der Waals surface area contributed by atoms with Gasteiger partial charge in [-0.05, 0) is 6.42 Å². The first-order valence-electron chi connectivity index (χ1n) is 4.88. The van der Waals surface area contributed by atoms with Gasteiger partial charge in [0, 0.05) is 17.9 Å². The summed E-state index contributed by atoms with van der Waals surface area (Å²) in [6, 6.07) is 0. The van der Waals surface area contributed by atoms with Gasteiger partial charge >= 0.3 is 5.97 Å². The molecule has 0 bridgehead atoms. The van der Waals surface area contributed by atoms with Crippen LogP contribution in [0.2, 0.25) is 0 Å². The lowest BCUT2D eigenvalue weighted by Crippen LogP contribution is -2.05. The second kappa shape index (κ2) is 4.72. The highest BCUT2D eigenvalue weighted by Crippen LogP contribution is 2.26. The largest absolute Gasteiger partial charge is 0.469 e. The second-order valence-electron chi connectivity index (χ2n) is 3.48. The van der Waals surface area contributed by atoms with E-state index in [0.717, 1.165) is 30.3 Å². The van der Waals surface area contributed by atoms with Crippen LogP contribution in [0.3, 0.4) is 0 Å². The highest BCUT2D eigenvalue weighted by Gasteiger charge is 2.20. The van der Waals surface area contributed by atoms with Crippen LogP contribution in [0.5, 0.6) is 0 Å². The molecule has 0 aliphatic carbocycles. The highest BCUT2D eigenvalue weighted by atomic mass is 32.1. The van der Waals surface area contributed by atoms with Crippen LogP contribution in [-0.2, 0) is 20.7 Å². The number of esters is 1. The molecule has 0 saturated carbocycles. The summed E-state index contributed by atoms with van der Waals surface area (Å²) in [5.74, 6) is 0.172. The van der Waals surface area contributed by atoms with E-state index in [-0.39, 0.29) is 12.4 Å². The Hall–Kier alpha value is -0.940. The van der Waals surface area contributed by atoms with E-state index < -0.39 is 0 Å². The van der Waals surface area contributed by atoms with Gasteiger partial charge in [-0.2, -0.15) is 0 Å². The van der Waals surface area contributed by atoms with E-state index in [2.05, 4.69) is 9.72 Å². The monoisotopic (exact) mass is 227 g/mol. The van der Waals surface area contributed by atoms with Gasteiger partial charge in [-0.25, -0.2) is 4.98 Å². The van der Waals surface area contributed by atoms with Crippen LogP contribution in [0.15, 0.2) is 5.38 Å². The molecule has 1 aromatic rings. The fraction of sp³-hybridized carbons (Fsp3) is 0.600. The van der Waals surface area contributed by atoms with Gasteiger partial charge in [0.05, 0.1) is 25.8 Å². The molecular weight excluding hydrogens is 214 g/mol. The maximum absolute atomic E-state index is 11.0. The third-order valence-electron chi connectivity index (χ3n) is 2.44. The molecule has 82 valence electrons. The minimum absolute atomic E-state index is 0.237. The van der Waals surface area contributed by atoms with E-state index in [1.165, 1.54) is 18.4 Å². The molecule has 15 heavy (non-hydrogen) atoms. The van der Waals surface area contributed by atoms with Crippen LogP contribution in [0.4, 0.5) is 0 Å². The summed E-state index contributed by atoms with van der Waals surface area (Å²) < 4.78 is 9.89. The summed E-state index contributed by atoms with van der Waals surface area (Å²) in [7, 11) is 1.39. The van der Waals surface area contributed by atoms with E-state index in [4.69, 9.17) is 4.74 Å². The summed E-state index contributed by atoms with van der Waals surface area (Å²) in [5, 5.41) is 2.83. The first kappa shape index (κ1) is 10.6. The molecule has 1 unspecified atom stereocenters. The van der Waals surface area contributed by atoms with Crippen molar-refractivity contribution >= 4 is 17.3 Å². The van der Waals surface area contributed by atoms with Gasteiger partial charge in [-0.15, -0.1) is 11.3 Å². The highest BCUT2D eigenvalue weighted by molar-refractivity contribution is 7.09. The first-order chi connectivity index (χ1) is 7.29. The van der Waals surface area contributed by atoms with Crippen molar-refractivity contribution in [2.45, 2.75) is 18.8 Å². The Morgan fingerprint density at radius 1 is 1.80 bits per heavy atom. The second-order valence-corrected chi connectivity index (χ2v) is 4.42. The zero-order valence-electron chi connectivity index (χ0n) is 8.56. The van der Waals surface area contributed by atoms with Crippen molar-refractivity contribution in [2.24, 2.45) is 0 Å². The molecular formula is C10H13NO3S. The number of aromatic nitrogens is 1. The predicted molar refractivity (Wildman–Crippen MR) is 56.0 cm³/mol. The van der Waals surface area contributed by atoms with Crippen LogP contribution in [-0.4, -0.2) is 31.3 Å². The van der Waals surface area contributed by atoms with Crippen molar-refractivity contribution < 1.29 is 14.3 Å². The summed E-state index contributed by atoms with van der Waals surface area (Å²) in [6.07, 6.45) is 1.30. The van der Waals surface area contributed by atoms with E-state index >= 15 is 0 Å². The van der Waals surface area contributed by atoms with Gasteiger partial charge in [0.2, 0.25) is 0 Å². The van der Waals surface area contributed by atoms with E-state index in [9.17, 15) is 4.79 Å². The number of ether oxygens (including phenoxy) is 2. The number of methoxy groups -OCH3 is 1. The molecule has 4 nitrogen and oxygen atoms in total. The minimum atomic E-state index is -0.237. The number of thiazole rings is 1.